The fourth-order valence-corrected chi connectivity index (χ4v) is 2.10. The van der Waals surface area contributed by atoms with Crippen molar-refractivity contribution in [2.45, 2.75) is 6.61 Å². The second-order valence-corrected chi connectivity index (χ2v) is 4.50. The summed E-state index contributed by atoms with van der Waals surface area (Å²) in [5, 5.41) is 10.5. The zero-order chi connectivity index (χ0) is 13.0. The van der Waals surface area contributed by atoms with Gasteiger partial charge in [-0.25, -0.2) is 4.79 Å². The minimum Gasteiger partial charge on any atom is -0.497 e. The highest BCUT2D eigenvalue weighted by molar-refractivity contribution is 7.12. The molecular formula is C13H12O4S. The van der Waals surface area contributed by atoms with Crippen molar-refractivity contribution in [2.24, 2.45) is 0 Å². The fraction of sp³-hybridized carbons (Fsp3) is 0.154. The Kier molecular flexibility index (Phi) is 3.84. The largest absolute Gasteiger partial charge is 0.497 e. The molecule has 1 N–H and O–H groups in total. The number of rotatable bonds is 5. The first-order valence-electron chi connectivity index (χ1n) is 5.26. The molecule has 0 radical (unpaired) electrons. The number of aromatic carboxylic acids is 1. The standard InChI is InChI=1S/C13H12O4S/c1-16-10-4-2-3-9(5-10)7-17-11-6-12(13(14)15)18-8-11/h2-6,8H,7H2,1H3,(H,14,15). The summed E-state index contributed by atoms with van der Waals surface area (Å²) < 4.78 is 10.6. The zero-order valence-electron chi connectivity index (χ0n) is 9.75. The maximum atomic E-state index is 10.7. The average molecular weight is 264 g/mol. The number of carbonyl (C=O) groups is 1. The van der Waals surface area contributed by atoms with Gasteiger partial charge >= 0.3 is 5.97 Å². The monoisotopic (exact) mass is 264 g/mol. The molecule has 18 heavy (non-hydrogen) atoms. The Hall–Kier alpha value is -2.01. The molecule has 2 rings (SSSR count). The molecule has 4 nitrogen and oxygen atoms in total. The van der Waals surface area contributed by atoms with Crippen molar-refractivity contribution in [1.29, 1.82) is 0 Å². The van der Waals surface area contributed by atoms with Gasteiger partial charge in [-0.2, -0.15) is 0 Å². The van der Waals surface area contributed by atoms with Crippen LogP contribution in [0, 0.1) is 0 Å². The molecule has 0 saturated carbocycles. The van der Waals surface area contributed by atoms with Gasteiger partial charge < -0.3 is 14.6 Å². The van der Waals surface area contributed by atoms with Crippen molar-refractivity contribution in [3.8, 4) is 11.5 Å². The van der Waals surface area contributed by atoms with Gasteiger partial charge in [0, 0.05) is 11.4 Å². The molecule has 0 bridgehead atoms. The topological polar surface area (TPSA) is 55.8 Å². The van der Waals surface area contributed by atoms with Crippen LogP contribution in [0.2, 0.25) is 0 Å². The summed E-state index contributed by atoms with van der Waals surface area (Å²) in [5.41, 5.74) is 0.970. The van der Waals surface area contributed by atoms with Crippen molar-refractivity contribution < 1.29 is 19.4 Å². The van der Waals surface area contributed by atoms with Crippen molar-refractivity contribution >= 4 is 17.3 Å². The lowest BCUT2D eigenvalue weighted by atomic mass is 10.2. The molecule has 0 unspecified atom stereocenters. The second kappa shape index (κ2) is 5.55. The Morgan fingerprint density at radius 1 is 1.33 bits per heavy atom. The maximum Gasteiger partial charge on any atom is 0.346 e. The second-order valence-electron chi connectivity index (χ2n) is 3.59. The molecule has 0 saturated heterocycles. The highest BCUT2D eigenvalue weighted by Gasteiger charge is 2.07. The van der Waals surface area contributed by atoms with Crippen LogP contribution in [-0.2, 0) is 6.61 Å². The fourth-order valence-electron chi connectivity index (χ4n) is 1.44. The highest BCUT2D eigenvalue weighted by atomic mass is 32.1. The van der Waals surface area contributed by atoms with E-state index in [4.69, 9.17) is 14.6 Å². The Morgan fingerprint density at radius 2 is 2.17 bits per heavy atom. The Morgan fingerprint density at radius 3 is 2.83 bits per heavy atom. The Labute approximate surface area is 108 Å². The number of methoxy groups -OCH3 is 1. The molecule has 1 aromatic heterocycles. The number of ether oxygens (including phenoxy) is 2. The summed E-state index contributed by atoms with van der Waals surface area (Å²) in [6.45, 7) is 0.382. The number of thiophene rings is 1. The van der Waals surface area contributed by atoms with Gasteiger partial charge in [-0.3, -0.25) is 0 Å². The van der Waals surface area contributed by atoms with E-state index in [0.29, 0.717) is 12.4 Å². The first-order valence-corrected chi connectivity index (χ1v) is 6.14. The predicted molar refractivity (Wildman–Crippen MR) is 68.6 cm³/mol. The van der Waals surface area contributed by atoms with Gasteiger partial charge in [0.2, 0.25) is 0 Å². The number of hydrogen-bond donors (Lipinski definition) is 1. The van der Waals surface area contributed by atoms with Crippen molar-refractivity contribution in [3.05, 3.63) is 46.2 Å². The van der Waals surface area contributed by atoms with Crippen LogP contribution in [0.1, 0.15) is 15.2 Å². The molecule has 5 heteroatoms. The van der Waals surface area contributed by atoms with E-state index < -0.39 is 5.97 Å². The van der Waals surface area contributed by atoms with Crippen molar-refractivity contribution in [3.63, 3.8) is 0 Å². The van der Waals surface area contributed by atoms with Gasteiger partial charge in [0.05, 0.1) is 7.11 Å². The molecule has 1 aromatic carbocycles. The van der Waals surface area contributed by atoms with Crippen LogP contribution in [0.4, 0.5) is 0 Å². The molecule has 94 valence electrons. The van der Waals surface area contributed by atoms with E-state index in [1.807, 2.05) is 24.3 Å². The molecule has 0 aliphatic rings. The van der Waals surface area contributed by atoms with E-state index in [0.717, 1.165) is 22.6 Å². The quantitative estimate of drug-likeness (QED) is 0.901. The first-order chi connectivity index (χ1) is 8.69. The van der Waals surface area contributed by atoms with Crippen LogP contribution >= 0.6 is 11.3 Å². The molecule has 2 aromatic rings. The van der Waals surface area contributed by atoms with E-state index in [1.54, 1.807) is 12.5 Å². The van der Waals surface area contributed by atoms with Gasteiger partial charge in [-0.15, -0.1) is 11.3 Å². The lowest BCUT2D eigenvalue weighted by Gasteiger charge is -2.05. The summed E-state index contributed by atoms with van der Waals surface area (Å²) in [5.74, 6) is 0.407. The third kappa shape index (κ3) is 3.01. The minimum atomic E-state index is -0.934. The average Bonchev–Trinajstić information content (AvgIpc) is 2.85. The van der Waals surface area contributed by atoms with E-state index >= 15 is 0 Å². The third-order valence-corrected chi connectivity index (χ3v) is 3.22. The van der Waals surface area contributed by atoms with Gasteiger partial charge in [-0.1, -0.05) is 12.1 Å². The molecule has 0 fully saturated rings. The van der Waals surface area contributed by atoms with E-state index in [9.17, 15) is 4.79 Å². The summed E-state index contributed by atoms with van der Waals surface area (Å²) in [6, 6.07) is 9.06. The summed E-state index contributed by atoms with van der Waals surface area (Å²) in [6.07, 6.45) is 0. The zero-order valence-corrected chi connectivity index (χ0v) is 10.6. The number of hydrogen-bond acceptors (Lipinski definition) is 4. The van der Waals surface area contributed by atoms with E-state index in [-0.39, 0.29) is 4.88 Å². The third-order valence-electron chi connectivity index (χ3n) is 2.33. The molecule has 0 aliphatic carbocycles. The lowest BCUT2D eigenvalue weighted by molar-refractivity contribution is 0.0702. The summed E-state index contributed by atoms with van der Waals surface area (Å²) in [7, 11) is 1.61. The van der Waals surface area contributed by atoms with E-state index in [1.165, 1.54) is 6.07 Å². The predicted octanol–water partition coefficient (Wildman–Crippen LogP) is 3.03. The van der Waals surface area contributed by atoms with Crippen LogP contribution in [-0.4, -0.2) is 18.2 Å². The molecule has 0 spiro atoms. The van der Waals surface area contributed by atoms with Crippen LogP contribution in [0.15, 0.2) is 35.7 Å². The molecule has 0 amide bonds. The molecule has 0 atom stereocenters. The number of carboxylic acid groups (broad SMARTS) is 1. The van der Waals surface area contributed by atoms with Crippen LogP contribution in [0.25, 0.3) is 0 Å². The van der Waals surface area contributed by atoms with Crippen LogP contribution in [0.5, 0.6) is 11.5 Å². The Bertz CT molecular complexity index is 547. The summed E-state index contributed by atoms with van der Waals surface area (Å²) in [4.78, 5) is 11.0. The molecule has 1 heterocycles. The van der Waals surface area contributed by atoms with Gasteiger partial charge in [-0.05, 0) is 17.7 Å². The number of benzene rings is 1. The highest BCUT2D eigenvalue weighted by Crippen LogP contribution is 2.23. The normalized spacial score (nSPS) is 10.1. The SMILES string of the molecule is COc1cccc(COc2csc(C(=O)O)c2)c1. The van der Waals surface area contributed by atoms with Crippen molar-refractivity contribution in [1.82, 2.24) is 0 Å². The Balaban J connectivity index is 1.99. The van der Waals surface area contributed by atoms with Gasteiger partial charge in [0.1, 0.15) is 23.0 Å². The number of carboxylic acids is 1. The van der Waals surface area contributed by atoms with E-state index in [2.05, 4.69) is 0 Å². The smallest absolute Gasteiger partial charge is 0.346 e. The molecular weight excluding hydrogens is 252 g/mol. The van der Waals surface area contributed by atoms with Gasteiger partial charge in [0.25, 0.3) is 0 Å². The minimum absolute atomic E-state index is 0.274. The summed E-state index contributed by atoms with van der Waals surface area (Å²) >= 11 is 1.15. The first kappa shape index (κ1) is 12.4. The lowest BCUT2D eigenvalue weighted by Crippen LogP contribution is -1.95. The van der Waals surface area contributed by atoms with Crippen LogP contribution < -0.4 is 9.47 Å². The van der Waals surface area contributed by atoms with Gasteiger partial charge in [0.15, 0.2) is 0 Å². The molecule has 0 aliphatic heterocycles. The maximum absolute atomic E-state index is 10.7. The van der Waals surface area contributed by atoms with Crippen molar-refractivity contribution in [2.75, 3.05) is 7.11 Å². The van der Waals surface area contributed by atoms with Crippen LogP contribution in [0.3, 0.4) is 0 Å².